The molecule has 0 aliphatic carbocycles. The first-order valence-electron chi connectivity index (χ1n) is 6.67. The molecule has 116 valence electrons. The van der Waals surface area contributed by atoms with Gasteiger partial charge in [0.05, 0.1) is 11.2 Å². The van der Waals surface area contributed by atoms with Crippen LogP contribution in [0.3, 0.4) is 0 Å². The van der Waals surface area contributed by atoms with Crippen LogP contribution in [0.5, 0.6) is 0 Å². The Bertz CT molecular complexity index is 677. The second-order valence-electron chi connectivity index (χ2n) is 4.57. The normalized spacial score (nSPS) is 11.9. The molecule has 0 saturated carbocycles. The van der Waals surface area contributed by atoms with Crippen molar-refractivity contribution in [2.24, 2.45) is 0 Å². The minimum atomic E-state index is -3.60. The fourth-order valence-corrected chi connectivity index (χ4v) is 3.74. The van der Waals surface area contributed by atoms with Crippen LogP contribution < -0.4 is 10.0 Å². The second kappa shape index (κ2) is 7.12. The summed E-state index contributed by atoms with van der Waals surface area (Å²) in [6.07, 6.45) is 4.20. The molecule has 2 aromatic rings. The second-order valence-corrected chi connectivity index (χ2v) is 7.59. The lowest BCUT2D eigenvalue weighted by Crippen LogP contribution is -2.25. The van der Waals surface area contributed by atoms with Crippen LogP contribution in [0.4, 0.5) is 0 Å². The van der Waals surface area contributed by atoms with E-state index in [9.17, 15) is 8.42 Å². The molecule has 9 heteroatoms. The Balaban J connectivity index is 2.03. The molecule has 0 aliphatic heterocycles. The number of hydrogen-bond donors (Lipinski definition) is 3. The molecular weight excluding hydrogens is 310 g/mol. The van der Waals surface area contributed by atoms with Crippen LogP contribution in [0.15, 0.2) is 17.4 Å². The van der Waals surface area contributed by atoms with Crippen molar-refractivity contribution in [3.63, 3.8) is 0 Å². The van der Waals surface area contributed by atoms with E-state index in [1.54, 1.807) is 6.20 Å². The molecule has 0 aromatic carbocycles. The summed E-state index contributed by atoms with van der Waals surface area (Å²) in [7, 11) is -3.60. The van der Waals surface area contributed by atoms with E-state index in [-0.39, 0.29) is 11.6 Å². The van der Waals surface area contributed by atoms with Gasteiger partial charge in [-0.05, 0) is 19.9 Å². The molecule has 0 unspecified atom stereocenters. The maximum Gasteiger partial charge on any atom is 0.258 e. The smallest absolute Gasteiger partial charge is 0.258 e. The molecule has 0 spiro atoms. The number of thiazole rings is 1. The van der Waals surface area contributed by atoms with E-state index in [0.29, 0.717) is 12.1 Å². The zero-order chi connectivity index (χ0) is 15.3. The Morgan fingerprint density at radius 2 is 2.14 bits per heavy atom. The van der Waals surface area contributed by atoms with E-state index in [0.717, 1.165) is 22.9 Å². The molecule has 0 radical (unpaired) electrons. The van der Waals surface area contributed by atoms with Crippen LogP contribution in [-0.4, -0.2) is 30.1 Å². The summed E-state index contributed by atoms with van der Waals surface area (Å²) in [5.41, 5.74) is 0.636. The van der Waals surface area contributed by atoms with Gasteiger partial charge in [-0.1, -0.05) is 6.92 Å². The Labute approximate surface area is 128 Å². The highest BCUT2D eigenvalue weighted by Crippen LogP contribution is 2.15. The number of aryl methyl sites for hydroxylation is 1. The average Bonchev–Trinajstić information content (AvgIpc) is 3.06. The number of hydrogen-bond acceptors (Lipinski definition) is 6. The van der Waals surface area contributed by atoms with Crippen molar-refractivity contribution in [3.05, 3.63) is 27.8 Å². The molecule has 2 aromatic heterocycles. The summed E-state index contributed by atoms with van der Waals surface area (Å²) in [6, 6.07) is 0. The summed E-state index contributed by atoms with van der Waals surface area (Å²) in [5, 5.41) is 10.6. The van der Waals surface area contributed by atoms with Gasteiger partial charge in [0.25, 0.3) is 10.0 Å². The fraction of sp³-hybridized carbons (Fsp3) is 0.500. The van der Waals surface area contributed by atoms with Crippen molar-refractivity contribution < 1.29 is 8.42 Å². The lowest BCUT2D eigenvalue weighted by atomic mass is 10.3. The number of aromatic nitrogens is 3. The third-order valence-electron chi connectivity index (χ3n) is 2.79. The number of nitrogens with one attached hydrogen (secondary N) is 3. The van der Waals surface area contributed by atoms with E-state index in [1.807, 2.05) is 6.92 Å². The van der Waals surface area contributed by atoms with Gasteiger partial charge in [0.1, 0.15) is 0 Å². The van der Waals surface area contributed by atoms with Crippen molar-refractivity contribution in [2.45, 2.75) is 38.4 Å². The number of sulfonamides is 1. The molecule has 0 saturated heterocycles. The molecule has 3 N–H and O–H groups in total. The first kappa shape index (κ1) is 16.1. The molecular formula is C12H19N5O2S2. The van der Waals surface area contributed by atoms with E-state index in [2.05, 4.69) is 32.1 Å². The fourth-order valence-electron chi connectivity index (χ4n) is 1.78. The first-order valence-corrected chi connectivity index (χ1v) is 8.97. The Kier molecular flexibility index (Phi) is 5.45. The van der Waals surface area contributed by atoms with Gasteiger partial charge < -0.3 is 5.32 Å². The van der Waals surface area contributed by atoms with Gasteiger partial charge in [0, 0.05) is 29.7 Å². The molecule has 21 heavy (non-hydrogen) atoms. The predicted octanol–water partition coefficient (Wildman–Crippen LogP) is 1.15. The number of aromatic amines is 1. The highest BCUT2D eigenvalue weighted by atomic mass is 32.2. The van der Waals surface area contributed by atoms with E-state index < -0.39 is 10.0 Å². The van der Waals surface area contributed by atoms with E-state index in [4.69, 9.17) is 0 Å². The predicted molar refractivity (Wildman–Crippen MR) is 81.5 cm³/mol. The van der Waals surface area contributed by atoms with Crippen molar-refractivity contribution in [1.29, 1.82) is 0 Å². The van der Waals surface area contributed by atoms with Gasteiger partial charge in [-0.15, -0.1) is 11.3 Å². The van der Waals surface area contributed by atoms with E-state index >= 15 is 0 Å². The third kappa shape index (κ3) is 4.34. The summed E-state index contributed by atoms with van der Waals surface area (Å²) in [4.78, 5) is 4.98. The minimum absolute atomic E-state index is 0.118. The molecule has 0 bridgehead atoms. The van der Waals surface area contributed by atoms with E-state index in [1.165, 1.54) is 17.5 Å². The highest BCUT2D eigenvalue weighted by Gasteiger charge is 2.20. The summed E-state index contributed by atoms with van der Waals surface area (Å²) in [5.74, 6) is 0. The average molecular weight is 329 g/mol. The van der Waals surface area contributed by atoms with Gasteiger partial charge in [0.15, 0.2) is 5.03 Å². The molecule has 0 amide bonds. The highest BCUT2D eigenvalue weighted by molar-refractivity contribution is 7.89. The van der Waals surface area contributed by atoms with Crippen LogP contribution in [0.25, 0.3) is 0 Å². The summed E-state index contributed by atoms with van der Waals surface area (Å²) in [6.45, 7) is 5.47. The maximum atomic E-state index is 12.3. The van der Waals surface area contributed by atoms with Crippen LogP contribution >= 0.6 is 11.3 Å². The largest absolute Gasteiger partial charge is 0.313 e. The summed E-state index contributed by atoms with van der Waals surface area (Å²) < 4.78 is 27.2. The molecule has 0 atom stereocenters. The van der Waals surface area contributed by atoms with Gasteiger partial charge in [-0.2, -0.15) is 5.10 Å². The zero-order valence-corrected chi connectivity index (χ0v) is 13.6. The van der Waals surface area contributed by atoms with Crippen molar-refractivity contribution in [2.75, 3.05) is 6.54 Å². The molecule has 0 fully saturated rings. The van der Waals surface area contributed by atoms with Crippen molar-refractivity contribution >= 4 is 21.4 Å². The van der Waals surface area contributed by atoms with Crippen LogP contribution in [0, 0.1) is 6.92 Å². The van der Waals surface area contributed by atoms with Crippen molar-refractivity contribution in [3.8, 4) is 0 Å². The number of rotatable bonds is 8. The Morgan fingerprint density at radius 3 is 2.81 bits per heavy atom. The molecule has 2 heterocycles. The van der Waals surface area contributed by atoms with Crippen LogP contribution in [0.2, 0.25) is 0 Å². The Morgan fingerprint density at radius 1 is 1.33 bits per heavy atom. The molecule has 2 rings (SSSR count). The third-order valence-corrected chi connectivity index (χ3v) is 5.12. The van der Waals surface area contributed by atoms with Crippen LogP contribution in [-0.2, 0) is 23.1 Å². The first-order chi connectivity index (χ1) is 10.0. The molecule has 7 nitrogen and oxygen atoms in total. The topological polar surface area (TPSA) is 99.8 Å². The SMILES string of the molecule is CCCNCc1cn[nH]c1S(=O)(=O)NCc1cnc(C)s1. The van der Waals surface area contributed by atoms with Crippen LogP contribution in [0.1, 0.15) is 28.8 Å². The zero-order valence-electron chi connectivity index (χ0n) is 12.0. The van der Waals surface area contributed by atoms with Gasteiger partial charge in [-0.3, -0.25) is 5.10 Å². The monoisotopic (exact) mass is 329 g/mol. The van der Waals surface area contributed by atoms with Gasteiger partial charge in [0.2, 0.25) is 0 Å². The minimum Gasteiger partial charge on any atom is -0.313 e. The summed E-state index contributed by atoms with van der Waals surface area (Å²) >= 11 is 1.47. The number of H-pyrrole nitrogens is 1. The standard InChI is InChI=1S/C12H19N5O2S2/c1-3-4-13-5-10-6-15-17-12(10)21(18,19)16-8-11-7-14-9(2)20-11/h6-7,13,16H,3-5,8H2,1-2H3,(H,15,17). The lowest BCUT2D eigenvalue weighted by molar-refractivity contribution is 0.574. The quantitative estimate of drug-likeness (QED) is 0.631. The lowest BCUT2D eigenvalue weighted by Gasteiger charge is -2.06. The molecule has 0 aliphatic rings. The Hall–Kier alpha value is -1.29. The van der Waals surface area contributed by atoms with Gasteiger partial charge in [-0.25, -0.2) is 18.1 Å². The van der Waals surface area contributed by atoms with Crippen molar-refractivity contribution in [1.82, 2.24) is 25.2 Å². The maximum absolute atomic E-state index is 12.3. The number of nitrogens with zero attached hydrogens (tertiary/aromatic N) is 2. The van der Waals surface area contributed by atoms with Gasteiger partial charge >= 0.3 is 0 Å².